The van der Waals surface area contributed by atoms with Crippen molar-refractivity contribution in [2.24, 2.45) is 0 Å². The van der Waals surface area contributed by atoms with Crippen LogP contribution in [-0.2, 0) is 72.6 Å². The van der Waals surface area contributed by atoms with E-state index in [4.69, 9.17) is 21.1 Å². The number of benzene rings is 2. The molecule has 0 spiro atoms. The number of aryl methyl sites for hydroxylation is 2. The van der Waals surface area contributed by atoms with E-state index in [1.807, 2.05) is 6.92 Å². The average Bonchev–Trinajstić information content (AvgIpc) is 1.61. The van der Waals surface area contributed by atoms with Crippen LogP contribution in [0.4, 0.5) is 31.1 Å². The van der Waals surface area contributed by atoms with E-state index >= 15 is 0 Å². The Bertz CT molecular complexity index is 4370. The minimum Gasteiger partial charge on any atom is -0.870 e. The molecule has 0 bridgehead atoms. The Morgan fingerprint density at radius 3 is 1.49 bits per heavy atom. The summed E-state index contributed by atoms with van der Waals surface area (Å²) < 4.78 is 99.2. The minimum absolute atomic E-state index is 0. The summed E-state index contributed by atoms with van der Waals surface area (Å²) in [5.41, 5.74) is -1.76. The SMILES string of the molecule is C.C.CCCn1c(=O)c2c(nc(-c3cnn(Cc4cccc(C(F)(F)F)c4)c3)n2C(=O)OCCl)n(CC)c1=O.CCCn1c(=O)c2c(nc(-c3cnn(Cc4cccc(C(F)(F)F)c4)c3)n2COC(=O)c2ccncc2)n(CC)c1=O.O=[C-]c1ccncc1.[Na+].[OH-]. The molecule has 478 valence electrons. The molecule has 0 amide bonds. The third-order valence-electron chi connectivity index (χ3n) is 13.0. The Hall–Kier alpha value is -9.10. The molecule has 91 heavy (non-hydrogen) atoms. The minimum atomic E-state index is -4.49. The molecule has 0 atom stereocenters. The van der Waals surface area contributed by atoms with Crippen LogP contribution in [0, 0.1) is 0 Å². The molecule has 1 N–H and O–H groups in total. The van der Waals surface area contributed by atoms with E-state index in [1.165, 1.54) is 84.4 Å². The maximum atomic E-state index is 13.6. The number of pyridine rings is 2. The number of imidazole rings is 2. The molecule has 10 rings (SSSR count). The van der Waals surface area contributed by atoms with Crippen molar-refractivity contribution in [2.45, 2.75) is 114 Å². The largest absolute Gasteiger partial charge is 1.00 e. The standard InChI is InChI=1S/C28H26F3N7O4.C23H22ClF3N6O4.C6H4NO.2CH4.Na.H2O/c1-3-12-37-25(39)22-24(36(4-2)27(37)41)34-23(38(22)17-42-26(40)19-8-10-32-11-9-19)20-14-33-35(16-20)15-18-6-5-7-21(13-18)28(29,30)31;1-3-8-32-20(34)17-19(31(4-2)21(32)35)29-18(33(17)22(36)37-13-24)15-10-28-30(12-15)11-14-6-5-7-16(9-14)23(25,26)27;8-5-6-1-3-7-4-2-6;;;;/h5-11,13-14,16H,3-4,12,15,17H2,1-2H3;5-7,9-10,12H,3-4,8,11,13H2,1-2H3;1-4H;2*1H4;;1H2/q;;-1;;;+1;/p-1. The molecule has 0 aliphatic heterocycles. The van der Waals surface area contributed by atoms with Gasteiger partial charge in [-0.25, -0.2) is 33.7 Å². The number of carbonyl (C=O) groups excluding carboxylic acids is 3. The molecule has 0 saturated heterocycles. The monoisotopic (exact) mass is 1300 g/mol. The fourth-order valence-corrected chi connectivity index (χ4v) is 9.18. The molecule has 10 aromatic rings. The van der Waals surface area contributed by atoms with E-state index in [-0.39, 0.29) is 134 Å². The molecule has 0 aliphatic rings. The van der Waals surface area contributed by atoms with Gasteiger partial charge in [0.15, 0.2) is 40.9 Å². The summed E-state index contributed by atoms with van der Waals surface area (Å²) in [6.07, 6.45) is 4.61. The maximum absolute atomic E-state index is 13.6. The fourth-order valence-electron chi connectivity index (χ4n) is 9.08. The second-order valence-corrected chi connectivity index (χ2v) is 19.1. The first kappa shape index (κ1) is 74.4. The Balaban J connectivity index is 0.000000334. The first-order valence-corrected chi connectivity index (χ1v) is 27.2. The number of fused-ring (bicyclic) bond motifs is 2. The number of carbonyl (C=O) groups is 2. The van der Waals surface area contributed by atoms with Crippen molar-refractivity contribution in [3.8, 4) is 22.8 Å². The van der Waals surface area contributed by atoms with Gasteiger partial charge in [-0.15, -0.1) is 17.7 Å². The maximum Gasteiger partial charge on any atom is 1.00 e. The molecule has 8 heterocycles. The van der Waals surface area contributed by atoms with Gasteiger partial charge in [-0.1, -0.05) is 64.6 Å². The number of hydrogen-bond acceptors (Lipinski definition) is 16. The van der Waals surface area contributed by atoms with Crippen molar-refractivity contribution in [1.82, 2.24) is 66.9 Å². The predicted octanol–water partition coefficient (Wildman–Crippen LogP) is 6.47. The van der Waals surface area contributed by atoms with Gasteiger partial charge in [0.25, 0.3) is 11.1 Å². The van der Waals surface area contributed by atoms with Crippen LogP contribution in [0.3, 0.4) is 0 Å². The van der Waals surface area contributed by atoms with Crippen molar-refractivity contribution < 1.29 is 85.2 Å². The number of rotatable bonds is 17. The smallest absolute Gasteiger partial charge is 0.870 e. The van der Waals surface area contributed by atoms with Crippen LogP contribution in [-0.4, -0.2) is 96.8 Å². The number of nitrogens with zero attached hydrogens (tertiary/aromatic N) is 14. The zero-order chi connectivity index (χ0) is 62.7. The number of aromatic nitrogens is 14. The van der Waals surface area contributed by atoms with Gasteiger partial charge in [0.05, 0.1) is 59.6 Å². The molecule has 32 heteroatoms. The van der Waals surface area contributed by atoms with Crippen LogP contribution in [0.5, 0.6) is 0 Å². The van der Waals surface area contributed by atoms with Gasteiger partial charge in [-0.05, 0) is 86.6 Å². The van der Waals surface area contributed by atoms with Crippen molar-refractivity contribution in [3.05, 3.63) is 197 Å². The van der Waals surface area contributed by atoms with Gasteiger partial charge in [-0.2, -0.15) is 36.5 Å². The van der Waals surface area contributed by atoms with Gasteiger partial charge >= 0.3 is 65.4 Å². The van der Waals surface area contributed by atoms with Crippen LogP contribution < -0.4 is 52.1 Å². The van der Waals surface area contributed by atoms with Gasteiger partial charge < -0.3 is 19.7 Å². The van der Waals surface area contributed by atoms with Crippen molar-refractivity contribution in [2.75, 3.05) is 6.07 Å². The summed E-state index contributed by atoms with van der Waals surface area (Å²) in [6, 6.07) is 15.4. The second kappa shape index (κ2) is 32.6. The van der Waals surface area contributed by atoms with Crippen molar-refractivity contribution >= 4 is 52.3 Å². The van der Waals surface area contributed by atoms with Gasteiger partial charge in [0, 0.05) is 51.0 Å². The zero-order valence-electron chi connectivity index (χ0n) is 48.1. The fraction of sp³-hybridized carbons (Fsp3) is 0.305. The average molecular weight is 1300 g/mol. The summed E-state index contributed by atoms with van der Waals surface area (Å²) in [4.78, 5) is 105. The van der Waals surface area contributed by atoms with E-state index in [1.54, 1.807) is 63.8 Å². The van der Waals surface area contributed by atoms with E-state index < -0.39 is 70.8 Å². The normalized spacial score (nSPS) is 11.0. The molecule has 0 saturated carbocycles. The van der Waals surface area contributed by atoms with E-state index in [0.29, 0.717) is 35.1 Å². The summed E-state index contributed by atoms with van der Waals surface area (Å²) in [7, 11) is 0. The molecule has 0 unspecified atom stereocenters. The topological polar surface area (TPSA) is 285 Å². The van der Waals surface area contributed by atoms with E-state index in [9.17, 15) is 59.9 Å². The van der Waals surface area contributed by atoms with Crippen LogP contribution in [0.15, 0.2) is 142 Å². The number of ether oxygens (including phenoxy) is 2. The quantitative estimate of drug-likeness (QED) is 0.0310. The second-order valence-electron chi connectivity index (χ2n) is 18.8. The van der Waals surface area contributed by atoms with Gasteiger partial charge in [-0.3, -0.25) is 51.8 Å². The van der Waals surface area contributed by atoms with Crippen molar-refractivity contribution in [1.29, 1.82) is 0 Å². The summed E-state index contributed by atoms with van der Waals surface area (Å²) >= 11 is 5.59. The Labute approximate surface area is 541 Å². The van der Waals surface area contributed by atoms with E-state index in [2.05, 4.69) is 30.1 Å². The number of esters is 1. The third-order valence-corrected chi connectivity index (χ3v) is 13.2. The summed E-state index contributed by atoms with van der Waals surface area (Å²) in [5, 5.41) is 8.46. The molecule has 0 fully saturated rings. The van der Waals surface area contributed by atoms with E-state index in [0.717, 1.165) is 38.0 Å². The van der Waals surface area contributed by atoms with Crippen molar-refractivity contribution in [3.63, 3.8) is 0 Å². The Morgan fingerprint density at radius 1 is 0.604 bits per heavy atom. The van der Waals surface area contributed by atoms with Crippen LogP contribution in [0.25, 0.3) is 45.1 Å². The zero-order valence-corrected chi connectivity index (χ0v) is 50.9. The molecular weight excluding hydrogens is 1240 g/mol. The molecular formula is C59H61ClF6N14NaO10-. The molecule has 8 aromatic heterocycles. The number of halogens is 7. The first-order chi connectivity index (χ1) is 41.6. The van der Waals surface area contributed by atoms with Crippen LogP contribution in [0.2, 0.25) is 0 Å². The predicted molar refractivity (Wildman–Crippen MR) is 319 cm³/mol. The molecule has 24 nitrogen and oxygen atoms in total. The van der Waals surface area contributed by atoms with Gasteiger partial charge in [0.2, 0.25) is 0 Å². The first-order valence-electron chi connectivity index (χ1n) is 26.6. The van der Waals surface area contributed by atoms with Gasteiger partial charge in [0.1, 0.15) is 5.82 Å². The van der Waals surface area contributed by atoms with Crippen LogP contribution in [0.1, 0.15) is 93.6 Å². The third kappa shape index (κ3) is 16.8. The molecule has 2 aromatic carbocycles. The number of alkyl halides is 7. The summed E-state index contributed by atoms with van der Waals surface area (Å²) in [6.45, 7) is 7.42. The Kier molecular flexibility index (Phi) is 26.6. The number of hydrogen-bond donors (Lipinski definition) is 0. The molecule has 0 radical (unpaired) electrons. The summed E-state index contributed by atoms with van der Waals surface area (Å²) in [5.74, 6) is -0.507. The van der Waals surface area contributed by atoms with Crippen LogP contribution >= 0.6 is 11.6 Å². The molecule has 0 aliphatic carbocycles. The Morgan fingerprint density at radius 2 is 1.05 bits per heavy atom.